The van der Waals surface area contributed by atoms with Crippen molar-refractivity contribution in [1.82, 2.24) is 20.4 Å². The van der Waals surface area contributed by atoms with Crippen LogP contribution in [-0.4, -0.2) is 45.5 Å². The Kier molecular flexibility index (Phi) is 3.23. The van der Waals surface area contributed by atoms with E-state index in [0.717, 1.165) is 37.8 Å². The number of amides is 2. The van der Waals surface area contributed by atoms with E-state index in [9.17, 15) is 9.59 Å². The van der Waals surface area contributed by atoms with Crippen LogP contribution in [0.25, 0.3) is 0 Å². The zero-order valence-electron chi connectivity index (χ0n) is 11.7. The maximum atomic E-state index is 12.7. The minimum Gasteiger partial charge on any atom is -0.354 e. The lowest BCUT2D eigenvalue weighted by atomic mass is 9.86. The molecule has 1 unspecified atom stereocenters. The normalized spacial score (nSPS) is 26.1. The van der Waals surface area contributed by atoms with Crippen molar-refractivity contribution in [3.8, 4) is 0 Å². The summed E-state index contributed by atoms with van der Waals surface area (Å²) < 4.78 is 0. The first-order chi connectivity index (χ1) is 9.67. The maximum absolute atomic E-state index is 12.7. The number of carbonyl (C=O) groups excluding carboxylic acids is 2. The molecule has 3 rings (SSSR count). The number of aryl methyl sites for hydroxylation is 1. The second-order valence-electron chi connectivity index (χ2n) is 5.58. The molecule has 2 saturated heterocycles. The van der Waals surface area contributed by atoms with Gasteiger partial charge in [0.2, 0.25) is 5.91 Å². The molecule has 2 aliphatic rings. The fraction of sp³-hybridized carbons (Fsp3) is 0.643. The zero-order chi connectivity index (χ0) is 14.2. The molecule has 0 aromatic carbocycles. The molecule has 2 fully saturated rings. The summed E-state index contributed by atoms with van der Waals surface area (Å²) in [6.07, 6.45) is 4.14. The van der Waals surface area contributed by atoms with Gasteiger partial charge in [-0.2, -0.15) is 5.10 Å². The van der Waals surface area contributed by atoms with Crippen LogP contribution in [0.2, 0.25) is 0 Å². The van der Waals surface area contributed by atoms with Crippen LogP contribution in [0.15, 0.2) is 6.07 Å². The van der Waals surface area contributed by atoms with Gasteiger partial charge in [0.25, 0.3) is 5.91 Å². The Morgan fingerprint density at radius 2 is 2.25 bits per heavy atom. The molecule has 3 heterocycles. The molecule has 0 radical (unpaired) electrons. The van der Waals surface area contributed by atoms with Gasteiger partial charge in [-0.05, 0) is 38.2 Å². The third kappa shape index (κ3) is 1.90. The van der Waals surface area contributed by atoms with Gasteiger partial charge in [-0.25, -0.2) is 0 Å². The molecule has 2 N–H and O–H groups in total. The van der Waals surface area contributed by atoms with Crippen LogP contribution in [0.3, 0.4) is 0 Å². The van der Waals surface area contributed by atoms with Gasteiger partial charge in [-0.3, -0.25) is 14.7 Å². The van der Waals surface area contributed by atoms with Crippen LogP contribution in [0.1, 0.15) is 48.8 Å². The third-order valence-electron chi connectivity index (χ3n) is 4.44. The molecule has 6 heteroatoms. The average molecular weight is 276 g/mol. The molecular formula is C14H20N4O2. The Bertz CT molecular complexity index is 539. The highest BCUT2D eigenvalue weighted by atomic mass is 16.2. The molecule has 1 aromatic heterocycles. The van der Waals surface area contributed by atoms with Gasteiger partial charge >= 0.3 is 0 Å². The summed E-state index contributed by atoms with van der Waals surface area (Å²) in [5.74, 6) is -0.128. The highest BCUT2D eigenvalue weighted by Gasteiger charge is 2.50. The number of aromatic amines is 1. The fourth-order valence-electron chi connectivity index (χ4n) is 3.32. The number of hydrogen-bond donors (Lipinski definition) is 2. The van der Waals surface area contributed by atoms with Gasteiger partial charge in [0.15, 0.2) is 0 Å². The molecule has 1 spiro atoms. The molecule has 1 aromatic rings. The van der Waals surface area contributed by atoms with Gasteiger partial charge in [-0.1, -0.05) is 6.92 Å². The minimum absolute atomic E-state index is 0.000788. The van der Waals surface area contributed by atoms with E-state index in [1.807, 2.05) is 6.92 Å². The monoisotopic (exact) mass is 276 g/mol. The molecule has 2 amide bonds. The number of piperidine rings is 1. The van der Waals surface area contributed by atoms with Crippen molar-refractivity contribution >= 4 is 11.8 Å². The Hall–Kier alpha value is -1.85. The van der Waals surface area contributed by atoms with Crippen LogP contribution in [0.5, 0.6) is 0 Å². The SMILES string of the molecule is CCc1cc(C(=O)N2CCCC23CCCNC3=O)n[nH]1. The van der Waals surface area contributed by atoms with Crippen molar-refractivity contribution in [3.05, 3.63) is 17.5 Å². The summed E-state index contributed by atoms with van der Waals surface area (Å²) in [6, 6.07) is 1.79. The number of H-pyrrole nitrogens is 1. The molecule has 0 bridgehead atoms. The van der Waals surface area contributed by atoms with E-state index in [-0.39, 0.29) is 11.8 Å². The Morgan fingerprint density at radius 1 is 1.45 bits per heavy atom. The van der Waals surface area contributed by atoms with Gasteiger partial charge in [0.1, 0.15) is 11.2 Å². The van der Waals surface area contributed by atoms with Crippen LogP contribution in [0, 0.1) is 0 Å². The number of rotatable bonds is 2. The summed E-state index contributed by atoms with van der Waals surface area (Å²) in [7, 11) is 0. The van der Waals surface area contributed by atoms with Gasteiger partial charge in [0.05, 0.1) is 0 Å². The summed E-state index contributed by atoms with van der Waals surface area (Å²) in [6.45, 7) is 3.36. The number of nitrogens with one attached hydrogen (secondary N) is 2. The molecule has 6 nitrogen and oxygen atoms in total. The quantitative estimate of drug-likeness (QED) is 0.841. The smallest absolute Gasteiger partial charge is 0.275 e. The van der Waals surface area contributed by atoms with E-state index in [2.05, 4.69) is 15.5 Å². The topological polar surface area (TPSA) is 78.1 Å². The lowest BCUT2D eigenvalue weighted by Crippen LogP contribution is -2.60. The number of likely N-dealkylation sites (tertiary alicyclic amines) is 1. The summed E-state index contributed by atoms with van der Waals surface area (Å²) in [5.41, 5.74) is 0.719. The van der Waals surface area contributed by atoms with Crippen molar-refractivity contribution < 1.29 is 9.59 Å². The van der Waals surface area contributed by atoms with Crippen LogP contribution in [-0.2, 0) is 11.2 Å². The lowest BCUT2D eigenvalue weighted by molar-refractivity contribution is -0.133. The minimum atomic E-state index is -0.638. The van der Waals surface area contributed by atoms with Gasteiger partial charge in [-0.15, -0.1) is 0 Å². The third-order valence-corrected chi connectivity index (χ3v) is 4.44. The van der Waals surface area contributed by atoms with Gasteiger partial charge < -0.3 is 10.2 Å². The van der Waals surface area contributed by atoms with Crippen molar-refractivity contribution in [1.29, 1.82) is 0 Å². The molecular weight excluding hydrogens is 256 g/mol. The molecule has 20 heavy (non-hydrogen) atoms. The Balaban J connectivity index is 1.88. The zero-order valence-corrected chi connectivity index (χ0v) is 11.7. The fourth-order valence-corrected chi connectivity index (χ4v) is 3.32. The predicted octanol–water partition coefficient (Wildman–Crippen LogP) is 0.857. The van der Waals surface area contributed by atoms with E-state index in [0.29, 0.717) is 18.8 Å². The van der Waals surface area contributed by atoms with Crippen molar-refractivity contribution in [3.63, 3.8) is 0 Å². The molecule has 2 aliphatic heterocycles. The standard InChI is InChI=1S/C14H20N4O2/c1-2-10-9-11(17-16-10)12(19)18-8-4-6-14(18)5-3-7-15-13(14)20/h9H,2-8H2,1H3,(H,15,20)(H,16,17). The van der Waals surface area contributed by atoms with Crippen LogP contribution in [0.4, 0.5) is 0 Å². The van der Waals surface area contributed by atoms with E-state index in [1.54, 1.807) is 11.0 Å². The predicted molar refractivity (Wildman–Crippen MR) is 73.2 cm³/mol. The average Bonchev–Trinajstić information content (AvgIpc) is 3.09. The summed E-state index contributed by atoms with van der Waals surface area (Å²) in [5, 5.41) is 9.86. The number of nitrogens with zero attached hydrogens (tertiary/aromatic N) is 2. The second kappa shape index (κ2) is 4.92. The highest BCUT2D eigenvalue weighted by Crippen LogP contribution is 2.36. The number of aromatic nitrogens is 2. The first-order valence-corrected chi connectivity index (χ1v) is 7.32. The van der Waals surface area contributed by atoms with Crippen molar-refractivity contribution in [2.75, 3.05) is 13.1 Å². The van der Waals surface area contributed by atoms with E-state index in [4.69, 9.17) is 0 Å². The van der Waals surface area contributed by atoms with E-state index in [1.165, 1.54) is 0 Å². The lowest BCUT2D eigenvalue weighted by Gasteiger charge is -2.39. The first-order valence-electron chi connectivity index (χ1n) is 7.32. The van der Waals surface area contributed by atoms with Crippen LogP contribution < -0.4 is 5.32 Å². The molecule has 108 valence electrons. The highest BCUT2D eigenvalue weighted by molar-refractivity contribution is 5.98. The van der Waals surface area contributed by atoms with Crippen LogP contribution >= 0.6 is 0 Å². The molecule has 0 aliphatic carbocycles. The molecule has 0 saturated carbocycles. The largest absolute Gasteiger partial charge is 0.354 e. The number of carbonyl (C=O) groups is 2. The van der Waals surface area contributed by atoms with Crippen molar-refractivity contribution in [2.24, 2.45) is 0 Å². The Morgan fingerprint density at radius 3 is 2.95 bits per heavy atom. The number of hydrogen-bond acceptors (Lipinski definition) is 3. The summed E-state index contributed by atoms with van der Waals surface area (Å²) >= 11 is 0. The summed E-state index contributed by atoms with van der Waals surface area (Å²) in [4.78, 5) is 26.7. The van der Waals surface area contributed by atoms with Gasteiger partial charge in [0, 0.05) is 18.8 Å². The van der Waals surface area contributed by atoms with Crippen molar-refractivity contribution in [2.45, 2.75) is 44.6 Å². The Labute approximate surface area is 117 Å². The molecule has 1 atom stereocenters. The maximum Gasteiger partial charge on any atom is 0.275 e. The van der Waals surface area contributed by atoms with E-state index < -0.39 is 5.54 Å². The first kappa shape index (κ1) is 13.1. The van der Waals surface area contributed by atoms with E-state index >= 15 is 0 Å². The second-order valence-corrected chi connectivity index (χ2v) is 5.58.